The molecule has 3 nitrogen and oxygen atoms in total. The Morgan fingerprint density at radius 1 is 0.938 bits per heavy atom. The molecule has 1 aliphatic heterocycles. The Bertz CT molecular complexity index is 1390. The number of methoxy groups -OCH3 is 1. The molecule has 0 amide bonds. The van der Waals surface area contributed by atoms with Gasteiger partial charge in [-0.2, -0.15) is 0 Å². The highest BCUT2D eigenvalue weighted by molar-refractivity contribution is 6.01. The number of benzene rings is 4. The molecule has 0 fully saturated rings. The first kappa shape index (κ1) is 20.3. The summed E-state index contributed by atoms with van der Waals surface area (Å²) in [4.78, 5) is 14.3. The van der Waals surface area contributed by atoms with Gasteiger partial charge in [-0.15, -0.1) is 0 Å². The molecule has 32 heavy (non-hydrogen) atoms. The number of fused-ring (bicyclic) bond motifs is 4. The van der Waals surface area contributed by atoms with Crippen molar-refractivity contribution in [3.63, 3.8) is 0 Å². The maximum Gasteiger partial charge on any atom is 0.337 e. The zero-order chi connectivity index (χ0) is 22.6. The van der Waals surface area contributed by atoms with Gasteiger partial charge in [-0.25, -0.2) is 9.18 Å². The van der Waals surface area contributed by atoms with Crippen LogP contribution < -0.4 is 4.90 Å². The van der Waals surface area contributed by atoms with Gasteiger partial charge in [0.1, 0.15) is 5.82 Å². The third-order valence-electron chi connectivity index (χ3n) is 6.50. The van der Waals surface area contributed by atoms with Crippen LogP contribution in [0.15, 0.2) is 72.8 Å². The van der Waals surface area contributed by atoms with Crippen molar-refractivity contribution in [3.05, 3.63) is 101 Å². The first-order valence-electron chi connectivity index (χ1n) is 10.6. The average Bonchev–Trinajstić information content (AvgIpc) is 2.80. The smallest absolute Gasteiger partial charge is 0.337 e. The van der Waals surface area contributed by atoms with Crippen molar-refractivity contribution in [3.8, 4) is 0 Å². The molecule has 0 aromatic heterocycles. The number of rotatable bonds is 2. The second kappa shape index (κ2) is 7.20. The molecular formula is C28H24FNO2. The second-order valence-corrected chi connectivity index (χ2v) is 8.80. The number of hydrogen-bond acceptors (Lipinski definition) is 3. The monoisotopic (exact) mass is 425 g/mol. The standard InChI is InChI=1S/C28H24FNO2/c1-17-15-20(11-13-23(17)29)30-24-8-6-5-7-22(24)28(2,3)26-21-12-9-19(27(31)32-4)16-18(21)10-14-25(26)30/h5-16H,1-4H3. The summed E-state index contributed by atoms with van der Waals surface area (Å²) in [6, 6.07) is 23.4. The topological polar surface area (TPSA) is 29.5 Å². The summed E-state index contributed by atoms with van der Waals surface area (Å²) >= 11 is 0. The number of nitrogens with zero attached hydrogens (tertiary/aromatic N) is 1. The van der Waals surface area contributed by atoms with Crippen molar-refractivity contribution in [1.29, 1.82) is 0 Å². The zero-order valence-electron chi connectivity index (χ0n) is 18.6. The Balaban J connectivity index is 1.83. The molecule has 4 aromatic rings. The van der Waals surface area contributed by atoms with E-state index >= 15 is 0 Å². The first-order chi connectivity index (χ1) is 15.3. The van der Waals surface area contributed by atoms with Crippen LogP contribution in [0.3, 0.4) is 0 Å². The number of para-hydroxylation sites is 1. The van der Waals surface area contributed by atoms with Gasteiger partial charge in [0.25, 0.3) is 0 Å². The first-order valence-corrected chi connectivity index (χ1v) is 10.6. The van der Waals surface area contributed by atoms with Crippen molar-refractivity contribution < 1.29 is 13.9 Å². The SMILES string of the molecule is COC(=O)c1ccc2c3c(ccc2c1)N(c1ccc(F)c(C)c1)c1ccccc1C3(C)C. The zero-order valence-corrected chi connectivity index (χ0v) is 18.6. The molecule has 1 aliphatic rings. The molecule has 0 saturated carbocycles. The van der Waals surface area contributed by atoms with Crippen molar-refractivity contribution in [2.24, 2.45) is 0 Å². The predicted octanol–water partition coefficient (Wildman–Crippen LogP) is 7.18. The van der Waals surface area contributed by atoms with Gasteiger partial charge in [0, 0.05) is 11.1 Å². The highest BCUT2D eigenvalue weighted by Crippen LogP contribution is 2.53. The summed E-state index contributed by atoms with van der Waals surface area (Å²) in [5.41, 5.74) is 6.28. The van der Waals surface area contributed by atoms with Crippen LogP contribution in [-0.2, 0) is 10.2 Å². The van der Waals surface area contributed by atoms with Gasteiger partial charge in [0.05, 0.1) is 24.0 Å². The third-order valence-corrected chi connectivity index (χ3v) is 6.50. The fraction of sp³-hybridized carbons (Fsp3) is 0.179. The summed E-state index contributed by atoms with van der Waals surface area (Å²) in [5.74, 6) is -0.564. The minimum Gasteiger partial charge on any atom is -0.465 e. The van der Waals surface area contributed by atoms with E-state index in [0.717, 1.165) is 27.8 Å². The van der Waals surface area contributed by atoms with E-state index in [0.29, 0.717) is 11.1 Å². The molecule has 160 valence electrons. The van der Waals surface area contributed by atoms with Gasteiger partial charge in [0.2, 0.25) is 0 Å². The molecule has 4 heteroatoms. The quantitative estimate of drug-likeness (QED) is 0.319. The van der Waals surface area contributed by atoms with Crippen LogP contribution in [-0.4, -0.2) is 13.1 Å². The Morgan fingerprint density at radius 2 is 1.72 bits per heavy atom. The van der Waals surface area contributed by atoms with Crippen molar-refractivity contribution in [2.75, 3.05) is 12.0 Å². The minimum atomic E-state index is -0.349. The van der Waals surface area contributed by atoms with Crippen LogP contribution in [0, 0.1) is 12.7 Å². The summed E-state index contributed by atoms with van der Waals surface area (Å²) in [5, 5.41) is 2.06. The van der Waals surface area contributed by atoms with Crippen LogP contribution in [0.5, 0.6) is 0 Å². The number of carbonyl (C=O) groups is 1. The fourth-order valence-electron chi connectivity index (χ4n) is 4.91. The van der Waals surface area contributed by atoms with E-state index in [1.165, 1.54) is 24.3 Å². The van der Waals surface area contributed by atoms with Gasteiger partial charge >= 0.3 is 5.97 Å². The number of hydrogen-bond donors (Lipinski definition) is 0. The van der Waals surface area contributed by atoms with Gasteiger partial charge in [-0.1, -0.05) is 44.2 Å². The molecule has 5 rings (SSSR count). The number of anilines is 3. The largest absolute Gasteiger partial charge is 0.465 e. The molecule has 0 bridgehead atoms. The summed E-state index contributed by atoms with van der Waals surface area (Å²) in [6.07, 6.45) is 0. The highest BCUT2D eigenvalue weighted by atomic mass is 19.1. The summed E-state index contributed by atoms with van der Waals surface area (Å²) < 4.78 is 19.0. The number of esters is 1. The molecule has 0 aliphatic carbocycles. The van der Waals surface area contributed by atoms with E-state index in [1.807, 2.05) is 42.5 Å². The van der Waals surface area contributed by atoms with Crippen LogP contribution in [0.2, 0.25) is 0 Å². The third kappa shape index (κ3) is 2.90. The van der Waals surface area contributed by atoms with Crippen LogP contribution >= 0.6 is 0 Å². The van der Waals surface area contributed by atoms with Crippen LogP contribution in [0.25, 0.3) is 10.8 Å². The maximum atomic E-state index is 14.1. The summed E-state index contributed by atoms with van der Waals surface area (Å²) in [7, 11) is 1.39. The Labute approximate surface area is 187 Å². The molecule has 0 spiro atoms. The molecular weight excluding hydrogens is 401 g/mol. The minimum absolute atomic E-state index is 0.214. The predicted molar refractivity (Wildman–Crippen MR) is 127 cm³/mol. The van der Waals surface area contributed by atoms with Gasteiger partial charge in [0.15, 0.2) is 0 Å². The Morgan fingerprint density at radius 3 is 2.47 bits per heavy atom. The van der Waals surface area contributed by atoms with E-state index in [2.05, 4.69) is 43.0 Å². The fourth-order valence-corrected chi connectivity index (χ4v) is 4.91. The normalized spacial score (nSPS) is 14.1. The summed E-state index contributed by atoms with van der Waals surface area (Å²) in [6.45, 7) is 6.24. The molecule has 0 saturated heterocycles. The maximum absolute atomic E-state index is 14.1. The lowest BCUT2D eigenvalue weighted by Gasteiger charge is -2.42. The van der Waals surface area contributed by atoms with Gasteiger partial charge < -0.3 is 9.64 Å². The highest BCUT2D eigenvalue weighted by Gasteiger charge is 2.38. The Kier molecular flexibility index (Phi) is 4.55. The van der Waals surface area contributed by atoms with E-state index in [1.54, 1.807) is 6.92 Å². The van der Waals surface area contributed by atoms with E-state index in [-0.39, 0.29) is 17.2 Å². The lowest BCUT2D eigenvalue weighted by molar-refractivity contribution is 0.0601. The van der Waals surface area contributed by atoms with E-state index in [9.17, 15) is 9.18 Å². The van der Waals surface area contributed by atoms with Crippen molar-refractivity contribution in [2.45, 2.75) is 26.2 Å². The Hall–Kier alpha value is -3.66. The van der Waals surface area contributed by atoms with Gasteiger partial charge in [-0.3, -0.25) is 0 Å². The van der Waals surface area contributed by atoms with Gasteiger partial charge in [-0.05, 0) is 76.9 Å². The van der Waals surface area contributed by atoms with Crippen LogP contribution in [0.4, 0.5) is 21.5 Å². The molecule has 0 radical (unpaired) electrons. The molecule has 4 aromatic carbocycles. The van der Waals surface area contributed by atoms with E-state index < -0.39 is 0 Å². The second-order valence-electron chi connectivity index (χ2n) is 8.80. The van der Waals surface area contributed by atoms with E-state index in [4.69, 9.17) is 4.74 Å². The number of carbonyl (C=O) groups excluding carboxylic acids is 1. The lowest BCUT2D eigenvalue weighted by atomic mass is 9.71. The lowest BCUT2D eigenvalue weighted by Crippen LogP contribution is -2.31. The molecule has 1 heterocycles. The molecule has 0 unspecified atom stereocenters. The number of ether oxygens (including phenoxy) is 1. The molecule has 0 N–H and O–H groups in total. The number of aryl methyl sites for hydroxylation is 1. The average molecular weight is 426 g/mol. The van der Waals surface area contributed by atoms with Crippen LogP contribution in [0.1, 0.15) is 40.9 Å². The van der Waals surface area contributed by atoms with Crippen molar-refractivity contribution >= 4 is 33.8 Å². The van der Waals surface area contributed by atoms with Crippen molar-refractivity contribution in [1.82, 2.24) is 0 Å². The number of halogens is 1. The molecule has 0 atom stereocenters.